The minimum atomic E-state index is -4.11. The number of sulfonamides is 1. The number of rotatable bonds is 12. The highest BCUT2D eigenvalue weighted by Gasteiger charge is 2.34. The SMILES string of the molecule is CCC(C(=O)NCC(C)C)N(Cc1ccccc1C)C(=O)CN(c1cc(C)ccc1C)S(=O)(=O)c1ccc(C)cc1. The molecule has 1 atom stereocenters. The van der Waals surface area contributed by atoms with Crippen LogP contribution in [0.2, 0.25) is 0 Å². The molecule has 0 aliphatic rings. The molecular weight excluding hydrogens is 534 g/mol. The van der Waals surface area contributed by atoms with Gasteiger partial charge in [-0.1, -0.05) is 74.9 Å². The van der Waals surface area contributed by atoms with Crippen LogP contribution in [0.3, 0.4) is 0 Å². The summed E-state index contributed by atoms with van der Waals surface area (Å²) in [6, 6.07) is 19.1. The number of aryl methyl sites for hydroxylation is 4. The summed E-state index contributed by atoms with van der Waals surface area (Å²) in [7, 11) is -4.11. The molecule has 1 N–H and O–H groups in total. The van der Waals surface area contributed by atoms with Gasteiger partial charge in [-0.25, -0.2) is 8.42 Å². The maximum absolute atomic E-state index is 14.3. The Hall–Kier alpha value is -3.65. The highest BCUT2D eigenvalue weighted by Crippen LogP contribution is 2.29. The van der Waals surface area contributed by atoms with Crippen molar-refractivity contribution in [3.63, 3.8) is 0 Å². The smallest absolute Gasteiger partial charge is 0.264 e. The Kier molecular flexibility index (Phi) is 10.7. The van der Waals surface area contributed by atoms with Crippen LogP contribution in [0.25, 0.3) is 0 Å². The van der Waals surface area contributed by atoms with E-state index >= 15 is 0 Å². The fraction of sp³-hybridized carbons (Fsp3) is 0.394. The highest BCUT2D eigenvalue weighted by molar-refractivity contribution is 7.92. The molecule has 0 heterocycles. The summed E-state index contributed by atoms with van der Waals surface area (Å²) < 4.78 is 29.4. The molecule has 0 bridgehead atoms. The van der Waals surface area contributed by atoms with Gasteiger partial charge in [0.15, 0.2) is 0 Å². The van der Waals surface area contributed by atoms with Crippen molar-refractivity contribution in [1.29, 1.82) is 0 Å². The lowest BCUT2D eigenvalue weighted by atomic mass is 10.1. The van der Waals surface area contributed by atoms with Gasteiger partial charge in [0.05, 0.1) is 10.6 Å². The first-order valence-corrected chi connectivity index (χ1v) is 15.6. The van der Waals surface area contributed by atoms with Gasteiger partial charge in [0.25, 0.3) is 10.0 Å². The number of nitrogens with one attached hydrogen (secondary N) is 1. The molecule has 1 unspecified atom stereocenters. The van der Waals surface area contributed by atoms with Crippen molar-refractivity contribution >= 4 is 27.5 Å². The number of carbonyl (C=O) groups excluding carboxylic acids is 2. The third-order valence-corrected chi connectivity index (χ3v) is 8.97. The van der Waals surface area contributed by atoms with Gasteiger partial charge in [-0.2, -0.15) is 0 Å². The molecule has 220 valence electrons. The second-order valence-corrected chi connectivity index (χ2v) is 13.0. The van der Waals surface area contributed by atoms with E-state index in [0.717, 1.165) is 27.8 Å². The second kappa shape index (κ2) is 13.8. The van der Waals surface area contributed by atoms with E-state index in [4.69, 9.17) is 0 Å². The first kappa shape index (κ1) is 31.9. The van der Waals surface area contributed by atoms with Crippen LogP contribution in [-0.4, -0.2) is 44.3 Å². The number of hydrogen-bond donors (Lipinski definition) is 1. The second-order valence-electron chi connectivity index (χ2n) is 11.1. The average molecular weight is 578 g/mol. The zero-order valence-corrected chi connectivity index (χ0v) is 26.1. The van der Waals surface area contributed by atoms with Crippen LogP contribution >= 0.6 is 0 Å². The predicted molar refractivity (Wildman–Crippen MR) is 165 cm³/mol. The lowest BCUT2D eigenvalue weighted by Crippen LogP contribution is -2.52. The van der Waals surface area contributed by atoms with Gasteiger partial charge in [-0.15, -0.1) is 0 Å². The average Bonchev–Trinajstić information content (AvgIpc) is 2.93. The summed E-state index contributed by atoms with van der Waals surface area (Å²) in [5, 5.41) is 2.97. The van der Waals surface area contributed by atoms with Crippen molar-refractivity contribution in [2.45, 2.75) is 72.4 Å². The molecular formula is C33H43N3O4S. The van der Waals surface area contributed by atoms with Crippen LogP contribution in [0.4, 0.5) is 5.69 Å². The minimum Gasteiger partial charge on any atom is -0.354 e. The zero-order valence-electron chi connectivity index (χ0n) is 25.3. The Bertz CT molecular complexity index is 1470. The van der Waals surface area contributed by atoms with Crippen molar-refractivity contribution in [3.05, 3.63) is 94.5 Å². The molecule has 3 aromatic rings. The number of amides is 2. The quantitative estimate of drug-likeness (QED) is 0.299. The molecule has 0 fully saturated rings. The van der Waals surface area contributed by atoms with Crippen molar-refractivity contribution in [1.82, 2.24) is 10.2 Å². The van der Waals surface area contributed by atoms with Crippen molar-refractivity contribution < 1.29 is 18.0 Å². The van der Waals surface area contributed by atoms with Gasteiger partial charge in [0, 0.05) is 13.1 Å². The molecule has 41 heavy (non-hydrogen) atoms. The largest absolute Gasteiger partial charge is 0.354 e. The van der Waals surface area contributed by atoms with Crippen molar-refractivity contribution in [3.8, 4) is 0 Å². The molecule has 0 aliphatic carbocycles. The van der Waals surface area contributed by atoms with Gasteiger partial charge in [0.1, 0.15) is 12.6 Å². The fourth-order valence-corrected chi connectivity index (χ4v) is 6.12. The third kappa shape index (κ3) is 7.97. The van der Waals surface area contributed by atoms with Gasteiger partial charge < -0.3 is 10.2 Å². The van der Waals surface area contributed by atoms with Crippen LogP contribution < -0.4 is 9.62 Å². The first-order chi connectivity index (χ1) is 19.3. The zero-order chi connectivity index (χ0) is 30.3. The van der Waals surface area contributed by atoms with Crippen LogP contribution in [0.5, 0.6) is 0 Å². The Morgan fingerprint density at radius 2 is 1.49 bits per heavy atom. The summed E-state index contributed by atoms with van der Waals surface area (Å²) in [5.74, 6) is -0.449. The van der Waals surface area contributed by atoms with E-state index in [9.17, 15) is 18.0 Å². The topological polar surface area (TPSA) is 86.8 Å². The number of nitrogens with zero attached hydrogens (tertiary/aromatic N) is 2. The van der Waals surface area contributed by atoms with E-state index < -0.39 is 28.5 Å². The lowest BCUT2D eigenvalue weighted by molar-refractivity contribution is -0.140. The van der Waals surface area contributed by atoms with Crippen LogP contribution in [0.15, 0.2) is 71.6 Å². The molecule has 3 rings (SSSR count). The molecule has 0 radical (unpaired) electrons. The molecule has 0 saturated carbocycles. The Morgan fingerprint density at radius 3 is 2.10 bits per heavy atom. The van der Waals surface area contributed by atoms with E-state index in [1.54, 1.807) is 30.3 Å². The molecule has 0 saturated heterocycles. The highest BCUT2D eigenvalue weighted by atomic mass is 32.2. The summed E-state index contributed by atoms with van der Waals surface area (Å²) in [6.45, 7) is 13.7. The van der Waals surface area contributed by atoms with Crippen LogP contribution in [-0.2, 0) is 26.2 Å². The maximum Gasteiger partial charge on any atom is 0.264 e. The monoisotopic (exact) mass is 577 g/mol. The number of benzene rings is 3. The van der Waals surface area contributed by atoms with Crippen LogP contribution in [0.1, 0.15) is 55.0 Å². The molecule has 3 aromatic carbocycles. The van der Waals surface area contributed by atoms with E-state index in [2.05, 4.69) is 5.32 Å². The third-order valence-electron chi connectivity index (χ3n) is 7.19. The van der Waals surface area contributed by atoms with Crippen LogP contribution in [0, 0.1) is 33.6 Å². The van der Waals surface area contributed by atoms with E-state index in [-0.39, 0.29) is 23.3 Å². The maximum atomic E-state index is 14.3. The standard InChI is InChI=1S/C33H43N3O4S/c1-8-30(33(38)34-20-23(2)3)35(21-28-12-10-9-11-26(28)6)32(37)22-36(31-19-25(5)13-16-27(31)7)41(39,40)29-17-14-24(4)15-18-29/h9-19,23,30H,8,20-22H2,1-7H3,(H,34,38). The summed E-state index contributed by atoms with van der Waals surface area (Å²) in [6.07, 6.45) is 0.385. The molecule has 2 amide bonds. The van der Waals surface area contributed by atoms with Gasteiger partial charge in [-0.05, 0) is 80.5 Å². The van der Waals surface area contributed by atoms with E-state index in [1.807, 2.05) is 84.9 Å². The van der Waals surface area contributed by atoms with Gasteiger partial charge in [-0.3, -0.25) is 13.9 Å². The van der Waals surface area contributed by atoms with Gasteiger partial charge in [0.2, 0.25) is 11.8 Å². The number of anilines is 1. The summed E-state index contributed by atoms with van der Waals surface area (Å²) in [4.78, 5) is 29.3. The molecule has 0 spiro atoms. The van der Waals surface area contributed by atoms with Crippen molar-refractivity contribution in [2.75, 3.05) is 17.4 Å². The molecule has 0 aromatic heterocycles. The molecule has 0 aliphatic heterocycles. The number of hydrogen-bond acceptors (Lipinski definition) is 4. The number of carbonyl (C=O) groups is 2. The first-order valence-electron chi connectivity index (χ1n) is 14.1. The Morgan fingerprint density at radius 1 is 0.854 bits per heavy atom. The normalized spacial score (nSPS) is 12.2. The summed E-state index contributed by atoms with van der Waals surface area (Å²) >= 11 is 0. The fourth-order valence-electron chi connectivity index (χ4n) is 4.65. The van der Waals surface area contributed by atoms with Gasteiger partial charge >= 0.3 is 0 Å². The van der Waals surface area contributed by atoms with E-state index in [1.165, 1.54) is 9.21 Å². The summed E-state index contributed by atoms with van der Waals surface area (Å²) in [5.41, 5.74) is 4.86. The van der Waals surface area contributed by atoms with Crippen molar-refractivity contribution in [2.24, 2.45) is 5.92 Å². The molecule has 8 heteroatoms. The predicted octanol–water partition coefficient (Wildman–Crippen LogP) is 5.70. The van der Waals surface area contributed by atoms with E-state index in [0.29, 0.717) is 18.7 Å². The molecule has 7 nitrogen and oxygen atoms in total. The minimum absolute atomic E-state index is 0.101. The lowest BCUT2D eigenvalue weighted by Gasteiger charge is -2.34. The Labute approximate surface area is 245 Å². The Balaban J connectivity index is 2.10.